The number of hydrogen-bond donors (Lipinski definition) is 1. The van der Waals surface area contributed by atoms with Gasteiger partial charge in [0.15, 0.2) is 5.82 Å². The van der Waals surface area contributed by atoms with E-state index >= 15 is 0 Å². The van der Waals surface area contributed by atoms with E-state index in [1.54, 1.807) is 0 Å². The summed E-state index contributed by atoms with van der Waals surface area (Å²) in [7, 11) is 0. The van der Waals surface area contributed by atoms with E-state index in [1.807, 2.05) is 4.68 Å². The number of aromatic nitrogens is 4. The van der Waals surface area contributed by atoms with Gasteiger partial charge in [-0.1, -0.05) is 53.4 Å². The van der Waals surface area contributed by atoms with Gasteiger partial charge >= 0.3 is 0 Å². The van der Waals surface area contributed by atoms with Crippen LogP contribution in [0, 0.1) is 5.92 Å². The van der Waals surface area contributed by atoms with Crippen molar-refractivity contribution >= 4 is 0 Å². The van der Waals surface area contributed by atoms with Gasteiger partial charge in [-0.2, -0.15) is 0 Å². The van der Waals surface area contributed by atoms with Gasteiger partial charge in [-0.25, -0.2) is 4.68 Å². The maximum Gasteiger partial charge on any atom is 0.165 e. The van der Waals surface area contributed by atoms with Gasteiger partial charge in [-0.15, -0.1) is 5.10 Å². The van der Waals surface area contributed by atoms with Gasteiger partial charge in [0.25, 0.3) is 0 Å². The zero-order valence-electron chi connectivity index (χ0n) is 12.9. The molecule has 1 N–H and O–H groups in total. The molecular weight excluding hydrogens is 238 g/mol. The van der Waals surface area contributed by atoms with Crippen LogP contribution in [0.4, 0.5) is 0 Å². The van der Waals surface area contributed by atoms with Crippen LogP contribution in [0.25, 0.3) is 0 Å². The summed E-state index contributed by atoms with van der Waals surface area (Å²) in [6, 6.07) is 0.459. The Morgan fingerprint density at radius 2 is 1.79 bits per heavy atom. The standard InChI is InChI=1S/C14H29N5/c1-12(2)9-7-5-6-8-10-19-14(16-17-18-19)11-15-13(3)4/h12-13,15H,5-11H2,1-4H3. The molecule has 0 atom stereocenters. The number of hydrogen-bond acceptors (Lipinski definition) is 4. The van der Waals surface area contributed by atoms with E-state index in [2.05, 4.69) is 48.5 Å². The second-order valence-electron chi connectivity index (χ2n) is 5.95. The Hall–Kier alpha value is -0.970. The molecule has 1 heterocycles. The van der Waals surface area contributed by atoms with Crippen molar-refractivity contribution < 1.29 is 0 Å². The second kappa shape index (κ2) is 9.02. The largest absolute Gasteiger partial charge is 0.308 e. The van der Waals surface area contributed by atoms with E-state index in [4.69, 9.17) is 0 Å². The third-order valence-corrected chi connectivity index (χ3v) is 3.18. The van der Waals surface area contributed by atoms with E-state index in [0.717, 1.165) is 31.3 Å². The quantitative estimate of drug-likeness (QED) is 0.662. The maximum atomic E-state index is 4.07. The van der Waals surface area contributed by atoms with Gasteiger partial charge in [-0.3, -0.25) is 0 Å². The van der Waals surface area contributed by atoms with Crippen molar-refractivity contribution in [3.63, 3.8) is 0 Å². The predicted molar refractivity (Wildman–Crippen MR) is 77.7 cm³/mol. The fourth-order valence-electron chi connectivity index (χ4n) is 1.99. The highest BCUT2D eigenvalue weighted by molar-refractivity contribution is 4.80. The zero-order chi connectivity index (χ0) is 14.1. The predicted octanol–water partition coefficient (Wildman–Crippen LogP) is 2.78. The molecule has 0 radical (unpaired) electrons. The molecule has 0 aliphatic heterocycles. The molecule has 19 heavy (non-hydrogen) atoms. The minimum atomic E-state index is 0.459. The van der Waals surface area contributed by atoms with Crippen molar-refractivity contribution in [2.75, 3.05) is 0 Å². The molecule has 0 fully saturated rings. The van der Waals surface area contributed by atoms with Crippen molar-refractivity contribution in [1.82, 2.24) is 25.5 Å². The van der Waals surface area contributed by atoms with E-state index in [-0.39, 0.29) is 0 Å². The molecule has 0 aliphatic carbocycles. The Balaban J connectivity index is 2.17. The molecule has 5 heteroatoms. The van der Waals surface area contributed by atoms with Crippen LogP contribution in [-0.2, 0) is 13.1 Å². The lowest BCUT2D eigenvalue weighted by atomic mass is 10.0. The number of unbranched alkanes of at least 4 members (excludes halogenated alkanes) is 3. The molecular formula is C14H29N5. The third-order valence-electron chi connectivity index (χ3n) is 3.18. The first-order valence-electron chi connectivity index (χ1n) is 7.58. The van der Waals surface area contributed by atoms with Gasteiger partial charge < -0.3 is 5.32 Å². The highest BCUT2D eigenvalue weighted by Crippen LogP contribution is 2.10. The topological polar surface area (TPSA) is 55.6 Å². The molecule has 1 aromatic rings. The summed E-state index contributed by atoms with van der Waals surface area (Å²) in [5, 5.41) is 15.2. The highest BCUT2D eigenvalue weighted by atomic mass is 15.5. The van der Waals surface area contributed by atoms with E-state index in [0.29, 0.717) is 6.04 Å². The van der Waals surface area contributed by atoms with Crippen molar-refractivity contribution in [1.29, 1.82) is 0 Å². The van der Waals surface area contributed by atoms with Crippen LogP contribution in [0.2, 0.25) is 0 Å². The van der Waals surface area contributed by atoms with Crippen LogP contribution in [-0.4, -0.2) is 26.2 Å². The van der Waals surface area contributed by atoms with Crippen molar-refractivity contribution in [3.8, 4) is 0 Å². The second-order valence-corrected chi connectivity index (χ2v) is 5.95. The van der Waals surface area contributed by atoms with Crippen LogP contribution < -0.4 is 5.32 Å². The fraction of sp³-hybridized carbons (Fsp3) is 0.929. The van der Waals surface area contributed by atoms with Crippen molar-refractivity contribution in [2.24, 2.45) is 5.92 Å². The van der Waals surface area contributed by atoms with E-state index in [9.17, 15) is 0 Å². The minimum Gasteiger partial charge on any atom is -0.308 e. The molecule has 1 aromatic heterocycles. The SMILES string of the molecule is CC(C)CCCCCCn1nnnc1CNC(C)C. The first-order chi connectivity index (χ1) is 9.09. The van der Waals surface area contributed by atoms with Gasteiger partial charge in [0.2, 0.25) is 0 Å². The summed E-state index contributed by atoms with van der Waals surface area (Å²) in [4.78, 5) is 0. The van der Waals surface area contributed by atoms with Crippen LogP contribution in [0.1, 0.15) is 65.6 Å². The Morgan fingerprint density at radius 1 is 1.05 bits per heavy atom. The molecule has 0 saturated heterocycles. The van der Waals surface area contributed by atoms with Gasteiger partial charge in [0.05, 0.1) is 6.54 Å². The normalized spacial score (nSPS) is 11.7. The van der Waals surface area contributed by atoms with Crippen LogP contribution in [0.3, 0.4) is 0 Å². The molecule has 5 nitrogen and oxygen atoms in total. The average Bonchev–Trinajstić information content (AvgIpc) is 2.78. The smallest absolute Gasteiger partial charge is 0.165 e. The molecule has 0 spiro atoms. The highest BCUT2D eigenvalue weighted by Gasteiger charge is 2.05. The summed E-state index contributed by atoms with van der Waals surface area (Å²) in [5.41, 5.74) is 0. The Bertz CT molecular complexity index is 332. The molecule has 110 valence electrons. The van der Waals surface area contributed by atoms with Gasteiger partial charge in [0.1, 0.15) is 0 Å². The molecule has 0 aromatic carbocycles. The summed E-state index contributed by atoms with van der Waals surface area (Å²) in [5.74, 6) is 1.77. The number of nitrogens with one attached hydrogen (secondary N) is 1. The van der Waals surface area contributed by atoms with Crippen molar-refractivity contribution in [3.05, 3.63) is 5.82 Å². The molecule has 1 rings (SSSR count). The first kappa shape index (κ1) is 16.1. The number of nitrogens with zero attached hydrogens (tertiary/aromatic N) is 4. The number of rotatable bonds is 10. The minimum absolute atomic E-state index is 0.459. The van der Waals surface area contributed by atoms with E-state index < -0.39 is 0 Å². The summed E-state index contributed by atoms with van der Waals surface area (Å²) < 4.78 is 1.93. The first-order valence-corrected chi connectivity index (χ1v) is 7.58. The number of aryl methyl sites for hydroxylation is 1. The molecule has 0 unspecified atom stereocenters. The molecule has 0 amide bonds. The Labute approximate surface area is 117 Å². The Kier molecular flexibility index (Phi) is 7.63. The van der Waals surface area contributed by atoms with Gasteiger partial charge in [0, 0.05) is 12.6 Å². The Morgan fingerprint density at radius 3 is 2.47 bits per heavy atom. The van der Waals surface area contributed by atoms with Crippen LogP contribution in [0.15, 0.2) is 0 Å². The lowest BCUT2D eigenvalue weighted by molar-refractivity contribution is 0.471. The zero-order valence-corrected chi connectivity index (χ0v) is 12.9. The lowest BCUT2D eigenvalue weighted by Gasteiger charge is -2.08. The average molecular weight is 267 g/mol. The lowest BCUT2D eigenvalue weighted by Crippen LogP contribution is -2.24. The summed E-state index contributed by atoms with van der Waals surface area (Å²) >= 11 is 0. The molecule has 0 bridgehead atoms. The summed E-state index contributed by atoms with van der Waals surface area (Å²) in [6.45, 7) is 10.5. The number of tetrazole rings is 1. The molecule has 0 aliphatic rings. The monoisotopic (exact) mass is 267 g/mol. The van der Waals surface area contributed by atoms with Crippen LogP contribution in [0.5, 0.6) is 0 Å². The summed E-state index contributed by atoms with van der Waals surface area (Å²) in [6.07, 6.45) is 6.44. The van der Waals surface area contributed by atoms with Crippen molar-refractivity contribution in [2.45, 2.75) is 78.9 Å². The molecule has 0 saturated carbocycles. The maximum absolute atomic E-state index is 4.07. The van der Waals surface area contributed by atoms with E-state index in [1.165, 1.54) is 25.7 Å². The van der Waals surface area contributed by atoms with Crippen LogP contribution >= 0.6 is 0 Å². The third kappa shape index (κ3) is 7.25. The van der Waals surface area contributed by atoms with Gasteiger partial charge in [-0.05, 0) is 22.8 Å². The fourth-order valence-corrected chi connectivity index (χ4v) is 1.99.